The van der Waals surface area contributed by atoms with Gasteiger partial charge in [-0.05, 0) is 39.8 Å². The maximum absolute atomic E-state index is 12.0. The number of piperidine rings is 1. The van der Waals surface area contributed by atoms with Crippen molar-refractivity contribution in [3.8, 4) is 17.5 Å². The maximum atomic E-state index is 12.0. The quantitative estimate of drug-likeness (QED) is 0.635. The van der Waals surface area contributed by atoms with Crippen LogP contribution in [-0.2, 0) is 14.6 Å². The summed E-state index contributed by atoms with van der Waals surface area (Å²) in [5.41, 5.74) is 1.04. The number of sulfone groups is 1. The molecule has 0 spiro atoms. The molecule has 1 aliphatic heterocycles. The molecule has 174 valence electrons. The number of pyridine rings is 1. The molecule has 2 aromatic rings. The van der Waals surface area contributed by atoms with Crippen LogP contribution in [0, 0.1) is 13.8 Å². The summed E-state index contributed by atoms with van der Waals surface area (Å²) in [5.74, 6) is 1.09. The summed E-state index contributed by atoms with van der Waals surface area (Å²) in [6.07, 6.45) is 3.20. The van der Waals surface area contributed by atoms with Crippen molar-refractivity contribution >= 4 is 15.9 Å². The van der Waals surface area contributed by atoms with Gasteiger partial charge in [-0.1, -0.05) is 0 Å². The van der Waals surface area contributed by atoms with Crippen LogP contribution in [-0.4, -0.2) is 65.9 Å². The first kappa shape index (κ1) is 23.7. The number of hydrogen-bond donors (Lipinski definition) is 0. The lowest BCUT2D eigenvalue weighted by atomic mass is 10.1. The van der Waals surface area contributed by atoms with Crippen LogP contribution in [0.4, 0.5) is 4.79 Å². The molecule has 1 aliphatic rings. The number of carbonyl (C=O) groups excluding carboxylic acids is 1. The molecule has 32 heavy (non-hydrogen) atoms. The van der Waals surface area contributed by atoms with Gasteiger partial charge in [0.05, 0.1) is 17.4 Å². The number of rotatable bonds is 6. The number of aryl methyl sites for hydroxylation is 1. The van der Waals surface area contributed by atoms with Crippen molar-refractivity contribution in [2.75, 3.05) is 19.3 Å². The van der Waals surface area contributed by atoms with Gasteiger partial charge in [0.2, 0.25) is 11.8 Å². The van der Waals surface area contributed by atoms with Crippen LogP contribution in [0.1, 0.15) is 37.9 Å². The molecule has 0 aliphatic carbocycles. The van der Waals surface area contributed by atoms with Crippen LogP contribution in [0.5, 0.6) is 17.5 Å². The molecule has 0 radical (unpaired) electrons. The molecule has 1 saturated heterocycles. The van der Waals surface area contributed by atoms with Gasteiger partial charge < -0.3 is 19.1 Å². The van der Waals surface area contributed by atoms with E-state index in [2.05, 4.69) is 15.0 Å². The minimum Gasteiger partial charge on any atom is -0.474 e. The van der Waals surface area contributed by atoms with E-state index in [1.807, 2.05) is 13.8 Å². The van der Waals surface area contributed by atoms with Gasteiger partial charge in [-0.3, -0.25) is 0 Å². The summed E-state index contributed by atoms with van der Waals surface area (Å²) in [4.78, 5) is 26.2. The third kappa shape index (κ3) is 5.84. The summed E-state index contributed by atoms with van der Waals surface area (Å²) in [5, 5.41) is -0.0191. The number of nitrogens with zero attached hydrogens (tertiary/aromatic N) is 4. The van der Waals surface area contributed by atoms with Crippen LogP contribution in [0.3, 0.4) is 0 Å². The van der Waals surface area contributed by atoms with Crippen molar-refractivity contribution in [3.63, 3.8) is 0 Å². The van der Waals surface area contributed by atoms with Crippen LogP contribution < -0.4 is 9.47 Å². The Bertz CT molecular complexity index is 1080. The summed E-state index contributed by atoms with van der Waals surface area (Å²) in [6.45, 7) is 8.18. The molecular formula is C21H28N4O6S. The topological polar surface area (TPSA) is 121 Å². The van der Waals surface area contributed by atoms with E-state index in [9.17, 15) is 13.2 Å². The van der Waals surface area contributed by atoms with Gasteiger partial charge in [0, 0.05) is 32.2 Å². The van der Waals surface area contributed by atoms with Gasteiger partial charge in [0.15, 0.2) is 20.6 Å². The third-order valence-corrected chi connectivity index (χ3v) is 5.89. The van der Waals surface area contributed by atoms with Crippen molar-refractivity contribution in [1.82, 2.24) is 19.9 Å². The lowest BCUT2D eigenvalue weighted by molar-refractivity contribution is 0.0505. The molecule has 0 N–H and O–H groups in total. The first-order valence-electron chi connectivity index (χ1n) is 10.3. The molecule has 0 aromatic carbocycles. The van der Waals surface area contributed by atoms with E-state index in [-0.39, 0.29) is 23.3 Å². The van der Waals surface area contributed by atoms with Crippen molar-refractivity contribution in [2.24, 2.45) is 0 Å². The largest absolute Gasteiger partial charge is 0.474 e. The molecule has 0 unspecified atom stereocenters. The summed E-state index contributed by atoms with van der Waals surface area (Å²) < 4.78 is 40.5. The second kappa shape index (κ2) is 9.68. The lowest BCUT2D eigenvalue weighted by Crippen LogP contribution is -2.42. The van der Waals surface area contributed by atoms with Gasteiger partial charge in [-0.25, -0.2) is 28.2 Å². The van der Waals surface area contributed by atoms with E-state index in [1.165, 1.54) is 12.4 Å². The smallest absolute Gasteiger partial charge is 0.410 e. The number of aromatic nitrogens is 3. The van der Waals surface area contributed by atoms with E-state index in [4.69, 9.17) is 14.2 Å². The fourth-order valence-corrected chi connectivity index (χ4v) is 3.79. The average molecular weight is 465 g/mol. The molecule has 10 nitrogen and oxygen atoms in total. The van der Waals surface area contributed by atoms with Crippen molar-refractivity contribution in [3.05, 3.63) is 29.7 Å². The normalized spacial score (nSPS) is 15.0. The Balaban J connectivity index is 1.66. The van der Waals surface area contributed by atoms with Gasteiger partial charge in [0.25, 0.3) is 0 Å². The average Bonchev–Trinajstić information content (AvgIpc) is 2.71. The Morgan fingerprint density at radius 2 is 1.78 bits per heavy atom. The predicted molar refractivity (Wildman–Crippen MR) is 116 cm³/mol. The minimum absolute atomic E-state index is 0.0191. The van der Waals surface area contributed by atoms with E-state index in [0.717, 1.165) is 6.26 Å². The number of ether oxygens (including phenoxy) is 3. The molecule has 0 atom stereocenters. The third-order valence-electron chi connectivity index (χ3n) is 4.90. The molecule has 3 rings (SSSR count). The number of carbonyl (C=O) groups is 1. The molecule has 1 fully saturated rings. The highest BCUT2D eigenvalue weighted by Crippen LogP contribution is 2.30. The molecule has 11 heteroatoms. The second-order valence-corrected chi connectivity index (χ2v) is 9.92. The Labute approximate surface area is 187 Å². The van der Waals surface area contributed by atoms with E-state index < -0.39 is 9.84 Å². The fraction of sp³-hybridized carbons (Fsp3) is 0.524. The highest BCUT2D eigenvalue weighted by Gasteiger charge is 2.26. The van der Waals surface area contributed by atoms with Crippen molar-refractivity contribution < 1.29 is 27.4 Å². The van der Waals surface area contributed by atoms with Crippen molar-refractivity contribution in [1.29, 1.82) is 0 Å². The molecular weight excluding hydrogens is 436 g/mol. The predicted octanol–water partition coefficient (Wildman–Crippen LogP) is 3.07. The minimum atomic E-state index is -3.41. The Kier molecular flexibility index (Phi) is 7.17. The fourth-order valence-electron chi connectivity index (χ4n) is 3.17. The van der Waals surface area contributed by atoms with E-state index in [0.29, 0.717) is 54.7 Å². The maximum Gasteiger partial charge on any atom is 0.410 e. The van der Waals surface area contributed by atoms with E-state index in [1.54, 1.807) is 24.8 Å². The zero-order valence-corrected chi connectivity index (χ0v) is 19.7. The van der Waals surface area contributed by atoms with Gasteiger partial charge >= 0.3 is 6.09 Å². The van der Waals surface area contributed by atoms with Gasteiger partial charge in [-0.2, -0.15) is 0 Å². The number of likely N-dealkylation sites (tertiary alicyclic amines) is 1. The van der Waals surface area contributed by atoms with Crippen LogP contribution in [0.2, 0.25) is 0 Å². The first-order chi connectivity index (χ1) is 15.0. The van der Waals surface area contributed by atoms with Gasteiger partial charge in [0.1, 0.15) is 12.4 Å². The molecule has 0 saturated carbocycles. The molecule has 1 amide bonds. The lowest BCUT2D eigenvalue weighted by Gasteiger charge is -2.31. The Morgan fingerprint density at radius 3 is 2.38 bits per heavy atom. The first-order valence-corrected chi connectivity index (χ1v) is 12.2. The number of amides is 1. The molecule has 3 heterocycles. The standard InChI is InChI=1S/C21H28N4O6S/c1-13(2)29-21(26)25-10-8-16(9-11-25)30-19-14(3)20(23-12-22-19)31-17-6-7-18(24-15(17)4)32(5,27)28/h6-7,12-13,16H,8-11H2,1-5H3. The number of hydrogen-bond acceptors (Lipinski definition) is 9. The SMILES string of the molecule is Cc1nc(S(C)(=O)=O)ccc1Oc1ncnc(OC2CCN(C(=O)OC(C)C)CC2)c1C. The van der Waals surface area contributed by atoms with Gasteiger partial charge in [-0.15, -0.1) is 0 Å². The molecule has 2 aromatic heterocycles. The molecule has 0 bridgehead atoms. The van der Waals surface area contributed by atoms with Crippen LogP contribution >= 0.6 is 0 Å². The monoisotopic (exact) mass is 464 g/mol. The second-order valence-electron chi connectivity index (χ2n) is 7.95. The zero-order valence-electron chi connectivity index (χ0n) is 18.9. The van der Waals surface area contributed by atoms with Crippen molar-refractivity contribution in [2.45, 2.75) is 57.8 Å². The van der Waals surface area contributed by atoms with E-state index >= 15 is 0 Å². The summed E-state index contributed by atoms with van der Waals surface area (Å²) >= 11 is 0. The highest BCUT2D eigenvalue weighted by molar-refractivity contribution is 7.90. The zero-order chi connectivity index (χ0) is 23.5. The summed E-state index contributed by atoms with van der Waals surface area (Å²) in [7, 11) is -3.41. The summed E-state index contributed by atoms with van der Waals surface area (Å²) in [6, 6.07) is 2.94. The van der Waals surface area contributed by atoms with Crippen LogP contribution in [0.15, 0.2) is 23.5 Å². The van der Waals surface area contributed by atoms with Crippen LogP contribution in [0.25, 0.3) is 0 Å². The Morgan fingerprint density at radius 1 is 1.12 bits per heavy atom. The Hall–Kier alpha value is -2.95. The highest BCUT2D eigenvalue weighted by atomic mass is 32.2.